The van der Waals surface area contributed by atoms with E-state index in [1.165, 1.54) is 36.0 Å². The minimum atomic E-state index is -3.73. The van der Waals surface area contributed by atoms with Crippen LogP contribution in [0, 0.1) is 11.7 Å². The molecule has 0 aliphatic carbocycles. The van der Waals surface area contributed by atoms with Crippen molar-refractivity contribution in [3.63, 3.8) is 0 Å². The predicted octanol–water partition coefficient (Wildman–Crippen LogP) is 2.99. The molecular weight excluding hydrogens is 415 g/mol. The summed E-state index contributed by atoms with van der Waals surface area (Å²) in [4.78, 5) is 24.9. The van der Waals surface area contributed by atoms with Crippen molar-refractivity contribution in [2.24, 2.45) is 5.92 Å². The number of fused-ring (bicyclic) bond motifs is 1. The molecule has 0 unspecified atom stereocenters. The first-order valence-electron chi connectivity index (χ1n) is 9.06. The van der Waals surface area contributed by atoms with Gasteiger partial charge < -0.3 is 10.6 Å². The third-order valence-electron chi connectivity index (χ3n) is 4.47. The topological polar surface area (TPSA) is 92.3 Å². The molecular formula is C20H21FN2O4S2. The van der Waals surface area contributed by atoms with Gasteiger partial charge in [-0.15, -0.1) is 11.8 Å². The van der Waals surface area contributed by atoms with E-state index in [0.29, 0.717) is 23.4 Å². The highest BCUT2D eigenvalue weighted by molar-refractivity contribution is 7.99. The summed E-state index contributed by atoms with van der Waals surface area (Å²) in [5, 5.41) is 5.39. The molecule has 1 heterocycles. The molecule has 0 spiro atoms. The zero-order valence-electron chi connectivity index (χ0n) is 15.8. The fourth-order valence-electron chi connectivity index (χ4n) is 2.86. The highest BCUT2D eigenvalue weighted by atomic mass is 32.2. The number of halogens is 1. The second-order valence-corrected chi connectivity index (χ2v) is 10.0. The summed E-state index contributed by atoms with van der Waals surface area (Å²) < 4.78 is 38.5. The Kier molecular flexibility index (Phi) is 6.59. The van der Waals surface area contributed by atoms with E-state index in [-0.39, 0.29) is 28.9 Å². The largest absolute Gasteiger partial charge is 0.352 e. The average molecular weight is 437 g/mol. The van der Waals surface area contributed by atoms with Gasteiger partial charge in [0.25, 0.3) is 0 Å². The lowest BCUT2D eigenvalue weighted by molar-refractivity contribution is -0.124. The summed E-state index contributed by atoms with van der Waals surface area (Å²) >= 11 is 1.49. The summed E-state index contributed by atoms with van der Waals surface area (Å²) in [5.74, 6) is -1.42. The van der Waals surface area contributed by atoms with Crippen molar-refractivity contribution in [1.82, 2.24) is 5.32 Å². The lowest BCUT2D eigenvalue weighted by Crippen LogP contribution is -2.32. The second kappa shape index (κ2) is 8.96. The molecule has 2 aromatic rings. The predicted molar refractivity (Wildman–Crippen MR) is 110 cm³/mol. The molecule has 0 saturated heterocycles. The smallest absolute Gasteiger partial charge is 0.225 e. The fraction of sp³-hybridized carbons (Fsp3) is 0.300. The Labute approximate surface area is 173 Å². The van der Waals surface area contributed by atoms with Crippen LogP contribution in [0.1, 0.15) is 18.9 Å². The van der Waals surface area contributed by atoms with Gasteiger partial charge in [-0.05, 0) is 35.9 Å². The summed E-state index contributed by atoms with van der Waals surface area (Å²) in [6.45, 7) is 1.73. The molecule has 0 radical (unpaired) electrons. The first-order chi connectivity index (χ1) is 13.7. The van der Waals surface area contributed by atoms with Crippen LogP contribution in [0.4, 0.5) is 10.1 Å². The van der Waals surface area contributed by atoms with E-state index in [1.807, 2.05) is 0 Å². The third kappa shape index (κ3) is 5.57. The lowest BCUT2D eigenvalue weighted by atomic mass is 10.2. The van der Waals surface area contributed by atoms with Crippen LogP contribution in [0.2, 0.25) is 0 Å². The molecule has 2 amide bonds. The fourth-order valence-corrected chi connectivity index (χ4v) is 5.37. The van der Waals surface area contributed by atoms with Crippen molar-refractivity contribution in [3.05, 3.63) is 53.8 Å². The van der Waals surface area contributed by atoms with Gasteiger partial charge >= 0.3 is 0 Å². The maximum atomic E-state index is 12.9. The highest BCUT2D eigenvalue weighted by Gasteiger charge is 2.25. The van der Waals surface area contributed by atoms with Gasteiger partial charge in [-0.3, -0.25) is 9.59 Å². The molecule has 154 valence electrons. The second-order valence-electron chi connectivity index (χ2n) is 6.83. The molecule has 0 bridgehead atoms. The van der Waals surface area contributed by atoms with Gasteiger partial charge in [-0.1, -0.05) is 19.1 Å². The summed E-state index contributed by atoms with van der Waals surface area (Å²) in [6, 6.07) is 10.3. The molecule has 9 heteroatoms. The maximum absolute atomic E-state index is 12.9. The minimum absolute atomic E-state index is 0.0669. The monoisotopic (exact) mass is 436 g/mol. The lowest BCUT2D eigenvalue weighted by Gasteiger charge is -2.14. The van der Waals surface area contributed by atoms with E-state index in [2.05, 4.69) is 10.6 Å². The zero-order valence-corrected chi connectivity index (χ0v) is 17.4. The number of rotatable bonds is 6. The van der Waals surface area contributed by atoms with Crippen LogP contribution >= 0.6 is 11.8 Å². The molecule has 1 aliphatic heterocycles. The Hall–Kier alpha value is -2.39. The molecule has 2 N–H and O–H groups in total. The Bertz CT molecular complexity index is 1020. The van der Waals surface area contributed by atoms with Gasteiger partial charge in [-0.25, -0.2) is 12.8 Å². The van der Waals surface area contributed by atoms with E-state index in [0.717, 1.165) is 4.90 Å². The quantitative estimate of drug-likeness (QED) is 0.726. The van der Waals surface area contributed by atoms with E-state index in [9.17, 15) is 22.4 Å². The average Bonchev–Trinajstić information content (AvgIpc) is 2.86. The van der Waals surface area contributed by atoms with Crippen LogP contribution in [0.15, 0.2) is 52.3 Å². The van der Waals surface area contributed by atoms with Crippen molar-refractivity contribution >= 4 is 39.1 Å². The molecule has 29 heavy (non-hydrogen) atoms. The standard InChI is InChI=1S/C20H21FN2O4S2/c1-13(20(25)22-11-14-2-4-15(21)5-3-14)12-29(26,27)16-6-7-18-17(10-16)23-19(24)8-9-28-18/h2-7,10,13H,8-9,11-12H2,1H3,(H,22,25)(H,23,24)/t13-/m0/s1. The molecule has 0 saturated carbocycles. The Morgan fingerprint density at radius 3 is 2.69 bits per heavy atom. The van der Waals surface area contributed by atoms with Crippen LogP contribution in [-0.2, 0) is 26.0 Å². The first-order valence-corrected chi connectivity index (χ1v) is 11.7. The van der Waals surface area contributed by atoms with E-state index < -0.39 is 21.7 Å². The Balaban J connectivity index is 1.65. The number of benzene rings is 2. The van der Waals surface area contributed by atoms with Crippen molar-refractivity contribution in [1.29, 1.82) is 0 Å². The minimum Gasteiger partial charge on any atom is -0.352 e. The number of carbonyl (C=O) groups is 2. The third-order valence-corrected chi connectivity index (χ3v) is 7.45. The van der Waals surface area contributed by atoms with E-state index in [4.69, 9.17) is 0 Å². The Morgan fingerprint density at radius 1 is 1.24 bits per heavy atom. The number of anilines is 1. The number of carbonyl (C=O) groups excluding carboxylic acids is 2. The molecule has 0 aromatic heterocycles. The van der Waals surface area contributed by atoms with Gasteiger partial charge in [-0.2, -0.15) is 0 Å². The number of hydrogen-bond donors (Lipinski definition) is 2. The van der Waals surface area contributed by atoms with Gasteiger partial charge in [0.15, 0.2) is 9.84 Å². The van der Waals surface area contributed by atoms with Crippen molar-refractivity contribution in [2.75, 3.05) is 16.8 Å². The number of nitrogens with one attached hydrogen (secondary N) is 2. The van der Waals surface area contributed by atoms with E-state index >= 15 is 0 Å². The number of thioether (sulfide) groups is 1. The summed E-state index contributed by atoms with van der Waals surface area (Å²) in [5.41, 5.74) is 1.20. The SMILES string of the molecule is C[C@@H](CS(=O)(=O)c1ccc2c(c1)NC(=O)CCS2)C(=O)NCc1ccc(F)cc1. The molecule has 0 fully saturated rings. The van der Waals surface area contributed by atoms with Gasteiger partial charge in [0.2, 0.25) is 11.8 Å². The van der Waals surface area contributed by atoms with Crippen LogP contribution in [0.3, 0.4) is 0 Å². The summed E-state index contributed by atoms with van der Waals surface area (Å²) in [7, 11) is -3.73. The zero-order chi connectivity index (χ0) is 21.0. The molecule has 2 aromatic carbocycles. The number of hydrogen-bond acceptors (Lipinski definition) is 5. The van der Waals surface area contributed by atoms with Crippen LogP contribution in [-0.4, -0.2) is 31.7 Å². The van der Waals surface area contributed by atoms with Crippen LogP contribution in [0.25, 0.3) is 0 Å². The maximum Gasteiger partial charge on any atom is 0.225 e. The molecule has 1 aliphatic rings. The Morgan fingerprint density at radius 2 is 1.97 bits per heavy atom. The first kappa shape index (κ1) is 21.3. The number of sulfone groups is 1. The van der Waals surface area contributed by atoms with E-state index in [1.54, 1.807) is 25.1 Å². The molecule has 1 atom stereocenters. The van der Waals surface area contributed by atoms with Crippen molar-refractivity contribution in [2.45, 2.75) is 29.7 Å². The van der Waals surface area contributed by atoms with Crippen molar-refractivity contribution < 1.29 is 22.4 Å². The van der Waals surface area contributed by atoms with Gasteiger partial charge in [0.1, 0.15) is 5.82 Å². The number of amides is 2. The van der Waals surface area contributed by atoms with Gasteiger partial charge in [0, 0.05) is 29.5 Å². The molecule has 3 rings (SSSR count). The van der Waals surface area contributed by atoms with Crippen LogP contribution < -0.4 is 10.6 Å². The molecule has 6 nitrogen and oxygen atoms in total. The van der Waals surface area contributed by atoms with Crippen LogP contribution in [0.5, 0.6) is 0 Å². The highest BCUT2D eigenvalue weighted by Crippen LogP contribution is 2.33. The normalized spacial score (nSPS) is 15.0. The van der Waals surface area contributed by atoms with Crippen molar-refractivity contribution in [3.8, 4) is 0 Å². The summed E-state index contributed by atoms with van der Waals surface area (Å²) in [6.07, 6.45) is 0.368. The van der Waals surface area contributed by atoms with Gasteiger partial charge in [0.05, 0.1) is 16.3 Å².